The maximum atomic E-state index is 12.9. The van der Waals surface area contributed by atoms with E-state index in [0.717, 1.165) is 0 Å². The van der Waals surface area contributed by atoms with Crippen LogP contribution in [-0.4, -0.2) is 58.9 Å². The fourth-order valence-electron chi connectivity index (χ4n) is 3.19. The van der Waals surface area contributed by atoms with Crippen LogP contribution >= 0.6 is 0 Å². The number of primary amides is 1. The summed E-state index contributed by atoms with van der Waals surface area (Å²) in [5, 5.41) is 17.0. The van der Waals surface area contributed by atoms with Crippen molar-refractivity contribution in [3.05, 3.63) is 0 Å². The number of amides is 4. The predicted molar refractivity (Wildman–Crippen MR) is 124 cm³/mol. The van der Waals surface area contributed by atoms with Gasteiger partial charge in [-0.25, -0.2) is 4.79 Å². The molecule has 0 spiro atoms. The lowest BCUT2D eigenvalue weighted by Gasteiger charge is -2.27. The fraction of sp³-hybridized carbons (Fsp3) is 0.773. The maximum absolute atomic E-state index is 12.9. The molecule has 190 valence electrons. The first-order valence-electron chi connectivity index (χ1n) is 11.3. The molecule has 0 saturated carbocycles. The number of carbonyl (C=O) groups is 5. The van der Waals surface area contributed by atoms with Crippen molar-refractivity contribution in [2.45, 2.75) is 91.4 Å². The Bertz CT molecular complexity index is 695. The molecule has 4 unspecified atom stereocenters. The molecule has 0 rings (SSSR count). The largest absolute Gasteiger partial charge is 0.480 e. The van der Waals surface area contributed by atoms with E-state index in [1.165, 1.54) is 0 Å². The van der Waals surface area contributed by atoms with Crippen molar-refractivity contribution < 1.29 is 29.1 Å². The average molecular weight is 472 g/mol. The molecule has 0 aliphatic rings. The van der Waals surface area contributed by atoms with Crippen molar-refractivity contribution in [3.63, 3.8) is 0 Å². The molecule has 8 N–H and O–H groups in total. The monoisotopic (exact) mass is 471 g/mol. The minimum atomic E-state index is -1.21. The summed E-state index contributed by atoms with van der Waals surface area (Å²) in [7, 11) is 0. The molecule has 0 aromatic carbocycles. The summed E-state index contributed by atoms with van der Waals surface area (Å²) < 4.78 is 0. The van der Waals surface area contributed by atoms with Gasteiger partial charge in [-0.3, -0.25) is 19.2 Å². The van der Waals surface area contributed by atoms with Crippen LogP contribution in [0.4, 0.5) is 0 Å². The summed E-state index contributed by atoms with van der Waals surface area (Å²) in [5.41, 5.74) is 11.1. The maximum Gasteiger partial charge on any atom is 0.326 e. The lowest BCUT2D eigenvalue weighted by molar-refractivity contribution is -0.143. The van der Waals surface area contributed by atoms with Crippen LogP contribution in [0.2, 0.25) is 0 Å². The lowest BCUT2D eigenvalue weighted by Crippen LogP contribution is -2.58. The van der Waals surface area contributed by atoms with Gasteiger partial charge in [-0.2, -0.15) is 0 Å². The lowest BCUT2D eigenvalue weighted by atomic mass is 9.99. The minimum Gasteiger partial charge on any atom is -0.480 e. The molecule has 4 atom stereocenters. The van der Waals surface area contributed by atoms with Crippen molar-refractivity contribution in [2.24, 2.45) is 29.2 Å². The van der Waals surface area contributed by atoms with Gasteiger partial charge in [0, 0.05) is 6.42 Å². The number of rotatable bonds is 15. The Morgan fingerprint density at radius 2 is 1.27 bits per heavy atom. The number of carboxylic acids is 1. The number of nitrogens with one attached hydrogen (secondary N) is 3. The third kappa shape index (κ3) is 12.2. The van der Waals surface area contributed by atoms with Gasteiger partial charge >= 0.3 is 5.97 Å². The van der Waals surface area contributed by atoms with Crippen LogP contribution in [0.25, 0.3) is 0 Å². The Hall–Kier alpha value is -2.69. The standard InChI is InChI=1S/C22H41N5O6/c1-11(2)9-14(23)19(29)27-18(13(5)6)21(31)25-15(7-8-17(24)28)20(30)26-16(22(32)33)10-12(3)4/h11-16,18H,7-10,23H2,1-6H3,(H2,24,28)(H,25,31)(H,26,30)(H,27,29)(H,32,33). The van der Waals surface area contributed by atoms with Gasteiger partial charge in [-0.1, -0.05) is 41.5 Å². The summed E-state index contributed by atoms with van der Waals surface area (Å²) in [6.45, 7) is 10.9. The van der Waals surface area contributed by atoms with Crippen molar-refractivity contribution >= 4 is 29.6 Å². The van der Waals surface area contributed by atoms with Gasteiger partial charge in [0.15, 0.2) is 0 Å². The first kappa shape index (κ1) is 30.3. The highest BCUT2D eigenvalue weighted by Gasteiger charge is 2.32. The van der Waals surface area contributed by atoms with E-state index in [1.807, 2.05) is 27.7 Å². The summed E-state index contributed by atoms with van der Waals surface area (Å²) in [6, 6.07) is -4.13. The van der Waals surface area contributed by atoms with Gasteiger partial charge in [-0.05, 0) is 37.0 Å². The molecule has 4 amide bonds. The van der Waals surface area contributed by atoms with Crippen LogP contribution in [-0.2, 0) is 24.0 Å². The number of nitrogens with two attached hydrogens (primary N) is 2. The smallest absolute Gasteiger partial charge is 0.326 e. The second-order valence-electron chi connectivity index (χ2n) is 9.56. The first-order chi connectivity index (χ1) is 15.1. The molecule has 0 aliphatic heterocycles. The third-order valence-corrected chi connectivity index (χ3v) is 4.94. The zero-order valence-electron chi connectivity index (χ0n) is 20.5. The second-order valence-corrected chi connectivity index (χ2v) is 9.56. The second kappa shape index (κ2) is 14.5. The molecular weight excluding hydrogens is 430 g/mol. The van der Waals surface area contributed by atoms with Crippen LogP contribution in [0, 0.1) is 17.8 Å². The average Bonchev–Trinajstić information content (AvgIpc) is 2.66. The topological polar surface area (TPSA) is 194 Å². The zero-order valence-corrected chi connectivity index (χ0v) is 20.5. The van der Waals surface area contributed by atoms with Crippen LogP contribution in [0.5, 0.6) is 0 Å². The van der Waals surface area contributed by atoms with Crippen LogP contribution < -0.4 is 27.4 Å². The molecule has 0 aromatic rings. The summed E-state index contributed by atoms with van der Waals surface area (Å²) in [5.74, 6) is -3.90. The highest BCUT2D eigenvalue weighted by molar-refractivity contribution is 5.94. The molecule has 33 heavy (non-hydrogen) atoms. The Kier molecular flexibility index (Phi) is 13.3. The van der Waals surface area contributed by atoms with Gasteiger partial charge in [0.25, 0.3) is 0 Å². The van der Waals surface area contributed by atoms with E-state index >= 15 is 0 Å². The molecule has 0 aromatic heterocycles. The van der Waals surface area contributed by atoms with E-state index in [2.05, 4.69) is 16.0 Å². The van der Waals surface area contributed by atoms with Crippen LogP contribution in [0.3, 0.4) is 0 Å². The molecule has 0 bridgehead atoms. The Labute approximate surface area is 195 Å². The quantitative estimate of drug-likeness (QED) is 0.191. The molecule has 0 fully saturated rings. The Morgan fingerprint density at radius 1 is 0.758 bits per heavy atom. The number of aliphatic carboxylic acids is 1. The number of hydrogen-bond donors (Lipinski definition) is 6. The molecule has 0 aliphatic carbocycles. The van der Waals surface area contributed by atoms with Crippen molar-refractivity contribution in [1.29, 1.82) is 0 Å². The molecule has 11 heteroatoms. The van der Waals surface area contributed by atoms with E-state index in [9.17, 15) is 29.1 Å². The van der Waals surface area contributed by atoms with Gasteiger partial charge in [0.1, 0.15) is 18.1 Å². The molecule has 0 radical (unpaired) electrons. The predicted octanol–water partition coefficient (Wildman–Crippen LogP) is -0.134. The normalized spacial score (nSPS) is 15.0. The Morgan fingerprint density at radius 3 is 1.70 bits per heavy atom. The van der Waals surface area contributed by atoms with Crippen molar-refractivity contribution in [1.82, 2.24) is 16.0 Å². The van der Waals surface area contributed by atoms with Crippen molar-refractivity contribution in [3.8, 4) is 0 Å². The van der Waals surface area contributed by atoms with Crippen LogP contribution in [0.15, 0.2) is 0 Å². The summed E-state index contributed by atoms with van der Waals surface area (Å²) in [4.78, 5) is 60.9. The number of carboxylic acid groups (broad SMARTS) is 1. The third-order valence-electron chi connectivity index (χ3n) is 4.94. The molecule has 11 nitrogen and oxygen atoms in total. The van der Waals surface area contributed by atoms with E-state index in [-0.39, 0.29) is 37.0 Å². The summed E-state index contributed by atoms with van der Waals surface area (Å²) in [6.07, 6.45) is 0.315. The van der Waals surface area contributed by atoms with E-state index in [4.69, 9.17) is 11.5 Å². The highest BCUT2D eigenvalue weighted by atomic mass is 16.4. The van der Waals surface area contributed by atoms with E-state index in [1.54, 1.807) is 13.8 Å². The van der Waals surface area contributed by atoms with E-state index in [0.29, 0.717) is 6.42 Å². The summed E-state index contributed by atoms with van der Waals surface area (Å²) >= 11 is 0. The minimum absolute atomic E-state index is 0.000595. The van der Waals surface area contributed by atoms with Gasteiger partial charge in [-0.15, -0.1) is 0 Å². The number of hydrogen-bond acceptors (Lipinski definition) is 6. The zero-order chi connectivity index (χ0) is 25.9. The fourth-order valence-corrected chi connectivity index (χ4v) is 3.19. The molecule has 0 heterocycles. The van der Waals surface area contributed by atoms with Gasteiger partial charge in [0.05, 0.1) is 6.04 Å². The van der Waals surface area contributed by atoms with Gasteiger partial charge < -0.3 is 32.5 Å². The van der Waals surface area contributed by atoms with Crippen LogP contribution in [0.1, 0.15) is 67.2 Å². The van der Waals surface area contributed by atoms with Crippen molar-refractivity contribution in [2.75, 3.05) is 0 Å². The first-order valence-corrected chi connectivity index (χ1v) is 11.3. The van der Waals surface area contributed by atoms with Gasteiger partial charge in [0.2, 0.25) is 23.6 Å². The SMILES string of the molecule is CC(C)CC(N)C(=O)NC(C(=O)NC(CCC(N)=O)C(=O)NC(CC(C)C)C(=O)O)C(C)C. The van der Waals surface area contributed by atoms with E-state index < -0.39 is 53.8 Å². The molecule has 0 saturated heterocycles. The molecular formula is C22H41N5O6. The number of carbonyl (C=O) groups excluding carboxylic acids is 4. The highest BCUT2D eigenvalue weighted by Crippen LogP contribution is 2.09. The Balaban J connectivity index is 5.50.